The Hall–Kier alpha value is -2.05. The van der Waals surface area contributed by atoms with Crippen LogP contribution in [0.25, 0.3) is 0 Å². The van der Waals surface area contributed by atoms with Crippen molar-refractivity contribution in [1.82, 2.24) is 9.80 Å². The van der Waals surface area contributed by atoms with Gasteiger partial charge in [-0.2, -0.15) is 0 Å². The molecule has 1 aromatic heterocycles. The maximum atomic E-state index is 12.8. The lowest BCUT2D eigenvalue weighted by Crippen LogP contribution is -2.48. The van der Waals surface area contributed by atoms with Gasteiger partial charge in [0.15, 0.2) is 11.5 Å². The van der Waals surface area contributed by atoms with Gasteiger partial charge in [0.05, 0.1) is 20.6 Å². The first-order chi connectivity index (χ1) is 13.7. The maximum Gasteiger partial charge on any atom is 0.226 e. The molecule has 1 amide bonds. The highest BCUT2D eigenvalue weighted by molar-refractivity contribution is 7.10. The number of hydrogen-bond acceptors (Lipinski definition) is 5. The summed E-state index contributed by atoms with van der Waals surface area (Å²) in [5.74, 6) is 1.56. The molecular formula is C22H28N2O3S. The van der Waals surface area contributed by atoms with Gasteiger partial charge >= 0.3 is 0 Å². The lowest BCUT2D eigenvalue weighted by molar-refractivity contribution is -0.132. The Morgan fingerprint density at radius 3 is 2.64 bits per heavy atom. The fourth-order valence-electron chi connectivity index (χ4n) is 4.34. The van der Waals surface area contributed by atoms with Gasteiger partial charge in [0.25, 0.3) is 0 Å². The molecule has 0 aliphatic carbocycles. The summed E-state index contributed by atoms with van der Waals surface area (Å²) in [5.41, 5.74) is 2.47. The Kier molecular flexibility index (Phi) is 5.87. The number of nitrogens with zero attached hydrogens (tertiary/aromatic N) is 2. The van der Waals surface area contributed by atoms with E-state index in [1.165, 1.54) is 12.0 Å². The van der Waals surface area contributed by atoms with Crippen LogP contribution in [-0.4, -0.2) is 55.6 Å². The van der Waals surface area contributed by atoms with E-state index < -0.39 is 0 Å². The topological polar surface area (TPSA) is 42.0 Å². The van der Waals surface area contributed by atoms with Crippen molar-refractivity contribution in [2.45, 2.75) is 38.3 Å². The molecule has 2 aliphatic heterocycles. The molecule has 2 aliphatic rings. The summed E-state index contributed by atoms with van der Waals surface area (Å²) in [7, 11) is 3.24. The smallest absolute Gasteiger partial charge is 0.226 e. The Labute approximate surface area is 170 Å². The predicted molar refractivity (Wildman–Crippen MR) is 111 cm³/mol. The number of carbonyl (C=O) groups is 1. The summed E-state index contributed by atoms with van der Waals surface area (Å²) in [6.45, 7) is 3.93. The van der Waals surface area contributed by atoms with Gasteiger partial charge in [-0.05, 0) is 54.0 Å². The molecule has 150 valence electrons. The molecule has 0 unspecified atom stereocenters. The molecule has 6 heteroatoms. The highest BCUT2D eigenvalue weighted by atomic mass is 32.1. The minimum atomic E-state index is 0.199. The van der Waals surface area contributed by atoms with Gasteiger partial charge in [0.1, 0.15) is 0 Å². The summed E-state index contributed by atoms with van der Waals surface area (Å²) >= 11 is 1.89. The normalized spacial score (nSPS) is 18.0. The number of amides is 1. The van der Waals surface area contributed by atoms with E-state index >= 15 is 0 Å². The van der Waals surface area contributed by atoms with E-state index in [0.717, 1.165) is 44.6 Å². The Morgan fingerprint density at radius 2 is 1.89 bits per heavy atom. The summed E-state index contributed by atoms with van der Waals surface area (Å²) in [4.78, 5) is 19.0. The van der Waals surface area contributed by atoms with Crippen LogP contribution in [0.3, 0.4) is 0 Å². The van der Waals surface area contributed by atoms with Crippen molar-refractivity contribution in [1.29, 1.82) is 0 Å². The number of rotatable bonds is 5. The van der Waals surface area contributed by atoms with E-state index in [1.807, 2.05) is 34.4 Å². The number of thiophene rings is 1. The molecule has 28 heavy (non-hydrogen) atoms. The van der Waals surface area contributed by atoms with Gasteiger partial charge < -0.3 is 14.4 Å². The molecule has 0 saturated carbocycles. The van der Waals surface area contributed by atoms with Crippen molar-refractivity contribution >= 4 is 17.2 Å². The van der Waals surface area contributed by atoms with Crippen molar-refractivity contribution in [3.8, 4) is 11.5 Å². The van der Waals surface area contributed by atoms with Crippen LogP contribution in [0.1, 0.15) is 28.8 Å². The molecule has 0 spiro atoms. The zero-order chi connectivity index (χ0) is 19.5. The number of ether oxygens (including phenoxy) is 2. The molecule has 4 rings (SSSR count). The average molecular weight is 401 g/mol. The molecule has 1 fully saturated rings. The van der Waals surface area contributed by atoms with Gasteiger partial charge in [0.2, 0.25) is 5.91 Å². The second-order valence-electron chi connectivity index (χ2n) is 7.57. The maximum absolute atomic E-state index is 12.8. The Balaban J connectivity index is 1.31. The monoisotopic (exact) mass is 400 g/mol. The first kappa shape index (κ1) is 19.3. The number of likely N-dealkylation sites (tertiary alicyclic amines) is 1. The Morgan fingerprint density at radius 1 is 1.11 bits per heavy atom. The third-order valence-corrected chi connectivity index (χ3v) is 7.00. The Bertz CT molecular complexity index is 827. The molecule has 2 aromatic rings. The zero-order valence-corrected chi connectivity index (χ0v) is 17.5. The standard InChI is InChI=1S/C22H28N2O3S/c1-26-19-4-3-16(13-20(19)27-2)14-22(25)23-9-5-18(6-10-23)24-11-7-21-17(15-24)8-12-28-21/h3-4,8,12-13,18H,5-7,9-11,14-15H2,1-2H3. The number of hydrogen-bond donors (Lipinski definition) is 0. The third-order valence-electron chi connectivity index (χ3n) is 5.97. The summed E-state index contributed by atoms with van der Waals surface area (Å²) in [6.07, 6.45) is 3.72. The highest BCUT2D eigenvalue weighted by Crippen LogP contribution is 2.29. The minimum Gasteiger partial charge on any atom is -0.493 e. The van der Waals surface area contributed by atoms with Crippen molar-refractivity contribution in [3.63, 3.8) is 0 Å². The van der Waals surface area contributed by atoms with Crippen molar-refractivity contribution in [3.05, 3.63) is 45.6 Å². The van der Waals surface area contributed by atoms with E-state index in [4.69, 9.17) is 9.47 Å². The van der Waals surface area contributed by atoms with Crippen LogP contribution in [0.4, 0.5) is 0 Å². The number of methoxy groups -OCH3 is 2. The number of carbonyl (C=O) groups excluding carboxylic acids is 1. The van der Waals surface area contributed by atoms with Crippen molar-refractivity contribution < 1.29 is 14.3 Å². The van der Waals surface area contributed by atoms with Crippen LogP contribution < -0.4 is 9.47 Å². The molecule has 5 nitrogen and oxygen atoms in total. The van der Waals surface area contributed by atoms with Gasteiger partial charge in [-0.1, -0.05) is 6.07 Å². The summed E-state index contributed by atoms with van der Waals surface area (Å²) in [5, 5.41) is 2.21. The van der Waals surface area contributed by atoms with E-state index in [-0.39, 0.29) is 5.91 Å². The molecule has 0 N–H and O–H groups in total. The van der Waals surface area contributed by atoms with E-state index in [2.05, 4.69) is 16.3 Å². The van der Waals surface area contributed by atoms with Crippen LogP contribution in [0.5, 0.6) is 11.5 Å². The SMILES string of the molecule is COc1ccc(CC(=O)N2CCC(N3CCc4sccc4C3)CC2)cc1OC. The first-order valence-electron chi connectivity index (χ1n) is 9.96. The highest BCUT2D eigenvalue weighted by Gasteiger charge is 2.29. The van der Waals surface area contributed by atoms with Gasteiger partial charge in [-0.25, -0.2) is 0 Å². The fourth-order valence-corrected chi connectivity index (χ4v) is 5.23. The van der Waals surface area contributed by atoms with E-state index in [9.17, 15) is 4.79 Å². The predicted octanol–water partition coefficient (Wildman–Crippen LogP) is 3.36. The van der Waals surface area contributed by atoms with Crippen LogP contribution in [0.2, 0.25) is 0 Å². The number of fused-ring (bicyclic) bond motifs is 1. The quantitative estimate of drug-likeness (QED) is 0.772. The fraction of sp³-hybridized carbons (Fsp3) is 0.500. The lowest BCUT2D eigenvalue weighted by atomic mass is 9.99. The molecule has 3 heterocycles. The van der Waals surface area contributed by atoms with Crippen LogP contribution >= 0.6 is 11.3 Å². The van der Waals surface area contributed by atoms with Gasteiger partial charge in [0, 0.05) is 37.1 Å². The molecule has 0 radical (unpaired) electrons. The van der Waals surface area contributed by atoms with E-state index in [1.54, 1.807) is 19.1 Å². The lowest BCUT2D eigenvalue weighted by Gasteiger charge is -2.40. The van der Waals surface area contributed by atoms with Gasteiger partial charge in [-0.15, -0.1) is 11.3 Å². The van der Waals surface area contributed by atoms with Crippen molar-refractivity contribution in [2.75, 3.05) is 33.9 Å². The second-order valence-corrected chi connectivity index (χ2v) is 8.57. The molecular weight excluding hydrogens is 372 g/mol. The summed E-state index contributed by atoms with van der Waals surface area (Å²) in [6, 6.07) is 8.57. The second kappa shape index (κ2) is 8.53. The molecule has 1 saturated heterocycles. The van der Waals surface area contributed by atoms with Crippen LogP contribution in [-0.2, 0) is 24.2 Å². The summed E-state index contributed by atoms with van der Waals surface area (Å²) < 4.78 is 10.6. The van der Waals surface area contributed by atoms with E-state index in [0.29, 0.717) is 24.0 Å². The number of piperidine rings is 1. The molecule has 1 aromatic carbocycles. The van der Waals surface area contributed by atoms with Crippen LogP contribution in [0.15, 0.2) is 29.6 Å². The van der Waals surface area contributed by atoms with Crippen molar-refractivity contribution in [2.24, 2.45) is 0 Å². The minimum absolute atomic E-state index is 0.199. The van der Waals surface area contributed by atoms with Crippen LogP contribution in [0, 0.1) is 0 Å². The first-order valence-corrected chi connectivity index (χ1v) is 10.8. The third kappa shape index (κ3) is 4.03. The molecule has 0 bridgehead atoms. The zero-order valence-electron chi connectivity index (χ0n) is 16.6. The molecule has 0 atom stereocenters. The largest absolute Gasteiger partial charge is 0.493 e. The van der Waals surface area contributed by atoms with Gasteiger partial charge in [-0.3, -0.25) is 9.69 Å². The number of benzene rings is 1. The average Bonchev–Trinajstić information content (AvgIpc) is 3.21.